The second-order valence-corrected chi connectivity index (χ2v) is 5.62. The molecule has 0 radical (unpaired) electrons. The molecule has 0 aliphatic heterocycles. The number of pyridine rings is 2. The molecule has 26 heavy (non-hydrogen) atoms. The standard InChI is InChI=1S/C19H13N5O2/c25-19(14-2-1-3-15(10-14)23-26)22-16-4-5-18(21-11-16)24-9-7-13-6-8-20-12-17(13)24/h1-12H,(H,22,25). The maximum Gasteiger partial charge on any atom is 0.255 e. The summed E-state index contributed by atoms with van der Waals surface area (Å²) >= 11 is 0. The highest BCUT2D eigenvalue weighted by Crippen LogP contribution is 2.19. The third-order valence-corrected chi connectivity index (χ3v) is 3.96. The Morgan fingerprint density at radius 2 is 2.00 bits per heavy atom. The zero-order chi connectivity index (χ0) is 17.9. The number of hydrogen-bond donors (Lipinski definition) is 1. The molecule has 0 unspecified atom stereocenters. The van der Waals surface area contributed by atoms with Crippen molar-refractivity contribution in [3.8, 4) is 5.82 Å². The Labute approximate surface area is 148 Å². The predicted molar refractivity (Wildman–Crippen MR) is 98.7 cm³/mol. The van der Waals surface area contributed by atoms with E-state index in [1.165, 1.54) is 12.1 Å². The smallest absolute Gasteiger partial charge is 0.255 e. The summed E-state index contributed by atoms with van der Waals surface area (Å²) in [6.45, 7) is 0. The fraction of sp³-hybridized carbons (Fsp3) is 0. The first-order chi connectivity index (χ1) is 12.7. The van der Waals surface area contributed by atoms with Crippen LogP contribution in [-0.4, -0.2) is 20.4 Å². The van der Waals surface area contributed by atoms with Crippen molar-refractivity contribution < 1.29 is 4.79 Å². The molecule has 0 spiro atoms. The Bertz CT molecular complexity index is 1100. The number of benzene rings is 1. The lowest BCUT2D eigenvalue weighted by atomic mass is 10.2. The first-order valence-corrected chi connectivity index (χ1v) is 7.87. The summed E-state index contributed by atoms with van der Waals surface area (Å²) < 4.78 is 1.92. The highest BCUT2D eigenvalue weighted by Gasteiger charge is 2.09. The molecule has 0 fully saturated rings. The van der Waals surface area contributed by atoms with Gasteiger partial charge in [-0.25, -0.2) is 4.98 Å². The summed E-state index contributed by atoms with van der Waals surface area (Å²) in [6.07, 6.45) is 7.02. The van der Waals surface area contributed by atoms with Crippen molar-refractivity contribution >= 4 is 28.2 Å². The molecule has 0 saturated heterocycles. The molecule has 0 bridgehead atoms. The molecule has 3 aromatic heterocycles. The minimum atomic E-state index is -0.333. The normalized spacial score (nSPS) is 10.6. The third kappa shape index (κ3) is 2.93. The van der Waals surface area contributed by atoms with E-state index in [9.17, 15) is 9.70 Å². The van der Waals surface area contributed by atoms with Crippen LogP contribution in [0, 0.1) is 4.91 Å². The second kappa shape index (κ2) is 6.56. The molecule has 7 heteroatoms. The van der Waals surface area contributed by atoms with Crippen molar-refractivity contribution in [2.45, 2.75) is 0 Å². The van der Waals surface area contributed by atoms with Gasteiger partial charge in [-0.2, -0.15) is 0 Å². The molecule has 1 aromatic carbocycles. The van der Waals surface area contributed by atoms with Crippen LogP contribution in [-0.2, 0) is 0 Å². The highest BCUT2D eigenvalue weighted by molar-refractivity contribution is 6.04. The quantitative estimate of drug-likeness (QED) is 0.566. The molecule has 0 atom stereocenters. The van der Waals surface area contributed by atoms with Crippen LogP contribution in [0.3, 0.4) is 0 Å². The van der Waals surface area contributed by atoms with Crippen molar-refractivity contribution in [1.82, 2.24) is 14.5 Å². The van der Waals surface area contributed by atoms with Gasteiger partial charge in [0.1, 0.15) is 11.5 Å². The number of rotatable bonds is 4. The molecule has 4 aromatic rings. The van der Waals surface area contributed by atoms with Crippen LogP contribution in [0.1, 0.15) is 10.4 Å². The zero-order valence-corrected chi connectivity index (χ0v) is 13.5. The number of aromatic nitrogens is 3. The first-order valence-electron chi connectivity index (χ1n) is 7.87. The van der Waals surface area contributed by atoms with Gasteiger partial charge in [-0.1, -0.05) is 6.07 Å². The lowest BCUT2D eigenvalue weighted by Gasteiger charge is -2.08. The molecule has 7 nitrogen and oxygen atoms in total. The number of nitrogens with zero attached hydrogens (tertiary/aromatic N) is 4. The minimum Gasteiger partial charge on any atom is -0.321 e. The van der Waals surface area contributed by atoms with E-state index in [0.717, 1.165) is 16.7 Å². The van der Waals surface area contributed by atoms with Crippen molar-refractivity contribution in [1.29, 1.82) is 0 Å². The van der Waals surface area contributed by atoms with Crippen LogP contribution in [0.25, 0.3) is 16.7 Å². The van der Waals surface area contributed by atoms with Gasteiger partial charge in [0.05, 0.1) is 23.6 Å². The molecule has 4 rings (SSSR count). The van der Waals surface area contributed by atoms with E-state index in [2.05, 4.69) is 20.5 Å². The maximum absolute atomic E-state index is 12.3. The number of amides is 1. The van der Waals surface area contributed by atoms with Crippen molar-refractivity contribution in [2.75, 3.05) is 5.32 Å². The number of carbonyl (C=O) groups excluding carboxylic acids is 1. The van der Waals surface area contributed by atoms with Gasteiger partial charge in [0.15, 0.2) is 0 Å². The van der Waals surface area contributed by atoms with Crippen molar-refractivity contribution in [3.05, 3.63) is 83.8 Å². The van der Waals surface area contributed by atoms with E-state index < -0.39 is 0 Å². The summed E-state index contributed by atoms with van der Waals surface area (Å²) in [5, 5.41) is 6.66. The predicted octanol–water partition coefficient (Wildman–Crippen LogP) is 4.07. The molecular formula is C19H13N5O2. The molecular weight excluding hydrogens is 330 g/mol. The monoisotopic (exact) mass is 343 g/mol. The summed E-state index contributed by atoms with van der Waals surface area (Å²) in [5.74, 6) is 0.388. The fourth-order valence-corrected chi connectivity index (χ4v) is 2.68. The second-order valence-electron chi connectivity index (χ2n) is 5.62. The molecule has 0 aliphatic rings. The van der Waals surface area contributed by atoms with Crippen LogP contribution in [0.4, 0.5) is 11.4 Å². The Kier molecular flexibility index (Phi) is 3.95. The summed E-state index contributed by atoms with van der Waals surface area (Å²) in [6, 6.07) is 13.7. The van der Waals surface area contributed by atoms with Crippen molar-refractivity contribution in [2.24, 2.45) is 5.18 Å². The van der Waals surface area contributed by atoms with Gasteiger partial charge in [0.2, 0.25) is 0 Å². The lowest BCUT2D eigenvalue weighted by Crippen LogP contribution is -2.12. The van der Waals surface area contributed by atoms with Gasteiger partial charge in [-0.05, 0) is 47.6 Å². The largest absolute Gasteiger partial charge is 0.321 e. The van der Waals surface area contributed by atoms with E-state index >= 15 is 0 Å². The van der Waals surface area contributed by atoms with Gasteiger partial charge in [-0.15, -0.1) is 4.91 Å². The average molecular weight is 343 g/mol. The summed E-state index contributed by atoms with van der Waals surface area (Å²) in [5.41, 5.74) is 2.07. The van der Waals surface area contributed by atoms with Crippen LogP contribution >= 0.6 is 0 Å². The minimum absolute atomic E-state index is 0.208. The van der Waals surface area contributed by atoms with E-state index in [0.29, 0.717) is 11.3 Å². The molecule has 126 valence electrons. The summed E-state index contributed by atoms with van der Waals surface area (Å²) in [7, 11) is 0. The van der Waals surface area contributed by atoms with Crippen molar-refractivity contribution in [3.63, 3.8) is 0 Å². The molecule has 1 N–H and O–H groups in total. The Balaban J connectivity index is 1.56. The first kappa shape index (κ1) is 15.6. The molecule has 1 amide bonds. The zero-order valence-electron chi connectivity index (χ0n) is 13.5. The highest BCUT2D eigenvalue weighted by atomic mass is 16.3. The van der Waals surface area contributed by atoms with Gasteiger partial charge in [0.25, 0.3) is 5.91 Å². The number of hydrogen-bond acceptors (Lipinski definition) is 5. The average Bonchev–Trinajstić information content (AvgIpc) is 3.13. The van der Waals surface area contributed by atoms with E-state index in [1.807, 2.05) is 29.0 Å². The van der Waals surface area contributed by atoms with Crippen LogP contribution in [0.5, 0.6) is 0 Å². The number of carbonyl (C=O) groups is 1. The van der Waals surface area contributed by atoms with Gasteiger partial charge in [0, 0.05) is 23.3 Å². The molecule has 0 saturated carbocycles. The van der Waals surface area contributed by atoms with E-state index in [4.69, 9.17) is 0 Å². The summed E-state index contributed by atoms with van der Waals surface area (Å²) in [4.78, 5) is 31.4. The Morgan fingerprint density at radius 1 is 1.08 bits per heavy atom. The molecule has 3 heterocycles. The fourth-order valence-electron chi connectivity index (χ4n) is 2.68. The van der Waals surface area contributed by atoms with E-state index in [-0.39, 0.29) is 11.6 Å². The van der Waals surface area contributed by atoms with E-state index in [1.54, 1.807) is 36.8 Å². The SMILES string of the molecule is O=Nc1cccc(C(=O)Nc2ccc(-n3ccc4ccncc43)nc2)c1. The lowest BCUT2D eigenvalue weighted by molar-refractivity contribution is 0.102. The number of nitroso groups, excluding NO2 is 1. The van der Waals surface area contributed by atoms with Crippen LogP contribution in [0.15, 0.2) is 78.5 Å². The van der Waals surface area contributed by atoms with Crippen LogP contribution in [0.2, 0.25) is 0 Å². The van der Waals surface area contributed by atoms with Gasteiger partial charge >= 0.3 is 0 Å². The number of nitrogens with one attached hydrogen (secondary N) is 1. The number of fused-ring (bicyclic) bond motifs is 1. The Hall–Kier alpha value is -3.87. The van der Waals surface area contributed by atoms with Gasteiger partial charge in [-0.3, -0.25) is 14.3 Å². The number of anilines is 1. The molecule has 0 aliphatic carbocycles. The maximum atomic E-state index is 12.3. The van der Waals surface area contributed by atoms with Crippen LogP contribution < -0.4 is 5.32 Å². The van der Waals surface area contributed by atoms with Gasteiger partial charge < -0.3 is 5.32 Å². The Morgan fingerprint density at radius 3 is 2.81 bits per heavy atom. The third-order valence-electron chi connectivity index (χ3n) is 3.96. The topological polar surface area (TPSA) is 89.2 Å².